The fraction of sp³-hybridized carbons (Fsp3) is 0.667. The maximum absolute atomic E-state index is 11.6. The maximum atomic E-state index is 11.6. The van der Waals surface area contributed by atoms with Crippen LogP contribution in [-0.2, 0) is 14.3 Å². The minimum atomic E-state index is -0.982. The second-order valence-corrected chi connectivity index (χ2v) is 3.81. The number of rotatable bonds is 7. The highest BCUT2D eigenvalue weighted by molar-refractivity contribution is 5.97. The Morgan fingerprint density at radius 3 is 2.47 bits per heavy atom. The van der Waals surface area contributed by atoms with Gasteiger partial charge in [-0.1, -0.05) is 13.0 Å². The van der Waals surface area contributed by atoms with Crippen molar-refractivity contribution in [3.05, 3.63) is 11.6 Å². The Labute approximate surface area is 101 Å². The van der Waals surface area contributed by atoms with Gasteiger partial charge in [-0.05, 0) is 19.4 Å². The van der Waals surface area contributed by atoms with Crippen LogP contribution in [0.1, 0.15) is 27.2 Å². The van der Waals surface area contributed by atoms with Gasteiger partial charge in [0, 0.05) is 5.92 Å². The van der Waals surface area contributed by atoms with Crippen LogP contribution in [-0.4, -0.2) is 41.3 Å². The van der Waals surface area contributed by atoms with Crippen molar-refractivity contribution in [3.63, 3.8) is 0 Å². The van der Waals surface area contributed by atoms with Crippen LogP contribution in [0.2, 0.25) is 0 Å². The second kappa shape index (κ2) is 7.97. The lowest BCUT2D eigenvalue weighted by Gasteiger charge is -2.18. The molecule has 2 N–H and O–H groups in total. The predicted molar refractivity (Wildman–Crippen MR) is 62.3 cm³/mol. The molecular formula is C12H20O5. The molecule has 0 aliphatic rings. The maximum Gasteiger partial charge on any atom is 0.313 e. The van der Waals surface area contributed by atoms with Gasteiger partial charge >= 0.3 is 5.97 Å². The molecule has 0 aromatic carbocycles. The quantitative estimate of drug-likeness (QED) is 0.386. The number of hydrogen-bond acceptors (Lipinski definition) is 5. The number of esters is 1. The number of ether oxygens (including phenoxy) is 1. The smallest absolute Gasteiger partial charge is 0.313 e. The van der Waals surface area contributed by atoms with E-state index in [0.29, 0.717) is 5.57 Å². The summed E-state index contributed by atoms with van der Waals surface area (Å²) in [5.41, 5.74) is 0.511. The monoisotopic (exact) mass is 244 g/mol. The lowest BCUT2D eigenvalue weighted by Crippen LogP contribution is -2.28. The Balaban J connectivity index is 4.39. The summed E-state index contributed by atoms with van der Waals surface area (Å²) < 4.78 is 4.65. The molecule has 0 aliphatic carbocycles. The van der Waals surface area contributed by atoms with Crippen molar-refractivity contribution in [3.8, 4) is 0 Å². The zero-order chi connectivity index (χ0) is 13.4. The van der Waals surface area contributed by atoms with E-state index in [1.54, 1.807) is 20.8 Å². The van der Waals surface area contributed by atoms with Gasteiger partial charge in [0.1, 0.15) is 12.2 Å². The molecule has 5 heteroatoms. The third kappa shape index (κ3) is 5.60. The molecule has 0 heterocycles. The van der Waals surface area contributed by atoms with Crippen LogP contribution in [0.4, 0.5) is 0 Å². The van der Waals surface area contributed by atoms with Crippen LogP contribution in [0.25, 0.3) is 0 Å². The van der Waals surface area contributed by atoms with Crippen LogP contribution in [0, 0.1) is 5.92 Å². The Morgan fingerprint density at radius 1 is 1.41 bits per heavy atom. The van der Waals surface area contributed by atoms with Crippen molar-refractivity contribution in [2.75, 3.05) is 13.2 Å². The molecule has 2 atom stereocenters. The number of Topliss-reactive ketones (excluding diaryl/α,β-unsaturated/α-hetero) is 1. The Morgan fingerprint density at radius 2 is 2.00 bits per heavy atom. The van der Waals surface area contributed by atoms with Crippen molar-refractivity contribution in [1.29, 1.82) is 0 Å². The van der Waals surface area contributed by atoms with Crippen LogP contribution >= 0.6 is 0 Å². The van der Waals surface area contributed by atoms with Gasteiger partial charge in [-0.2, -0.15) is 0 Å². The van der Waals surface area contributed by atoms with E-state index in [9.17, 15) is 14.7 Å². The standard InChI is InChI=1S/C12H20O5/c1-4-17-11(15)7-10(14)9(3)12(16)8(2)5-6-13/h5,9,12-13,16H,4,6-7H2,1-3H3/b8-5-/t9-,12-/m0/s1. The predicted octanol–water partition coefficient (Wildman–Crippen LogP) is 0.444. The Bertz CT molecular complexity index is 295. The summed E-state index contributed by atoms with van der Waals surface area (Å²) in [6, 6.07) is 0. The van der Waals surface area contributed by atoms with Crippen LogP contribution in [0.5, 0.6) is 0 Å². The van der Waals surface area contributed by atoms with Gasteiger partial charge in [0.05, 0.1) is 19.3 Å². The van der Waals surface area contributed by atoms with Gasteiger partial charge in [0.2, 0.25) is 0 Å². The molecule has 0 fully saturated rings. The lowest BCUT2D eigenvalue weighted by atomic mass is 9.92. The molecule has 0 amide bonds. The largest absolute Gasteiger partial charge is 0.466 e. The van der Waals surface area contributed by atoms with E-state index >= 15 is 0 Å². The fourth-order valence-corrected chi connectivity index (χ4v) is 1.35. The summed E-state index contributed by atoms with van der Waals surface area (Å²) in [5.74, 6) is -1.65. The highest BCUT2D eigenvalue weighted by Gasteiger charge is 2.25. The average Bonchev–Trinajstić information content (AvgIpc) is 2.27. The van der Waals surface area contributed by atoms with E-state index in [4.69, 9.17) is 5.11 Å². The molecule has 0 spiro atoms. The molecule has 0 rings (SSSR count). The summed E-state index contributed by atoms with van der Waals surface area (Å²) in [6.45, 7) is 4.86. The normalized spacial score (nSPS) is 15.2. The number of hydrogen-bond donors (Lipinski definition) is 2. The summed E-state index contributed by atoms with van der Waals surface area (Å²) in [5, 5.41) is 18.5. The molecule has 98 valence electrons. The van der Waals surface area contributed by atoms with Crippen molar-refractivity contribution in [2.45, 2.75) is 33.3 Å². The van der Waals surface area contributed by atoms with Crippen molar-refractivity contribution in [1.82, 2.24) is 0 Å². The number of aliphatic hydroxyl groups excluding tert-OH is 2. The first-order chi connectivity index (χ1) is 7.93. The van der Waals surface area contributed by atoms with E-state index in [2.05, 4.69) is 4.74 Å². The minimum Gasteiger partial charge on any atom is -0.466 e. The van der Waals surface area contributed by atoms with Crippen molar-refractivity contribution >= 4 is 11.8 Å². The van der Waals surface area contributed by atoms with E-state index in [0.717, 1.165) is 0 Å². The minimum absolute atomic E-state index is 0.193. The summed E-state index contributed by atoms with van der Waals surface area (Å²) in [6.07, 6.45) is 0.112. The number of aliphatic hydroxyl groups is 2. The molecule has 0 unspecified atom stereocenters. The zero-order valence-electron chi connectivity index (χ0n) is 10.5. The topological polar surface area (TPSA) is 83.8 Å². The third-order valence-corrected chi connectivity index (χ3v) is 2.49. The van der Waals surface area contributed by atoms with Gasteiger partial charge in [0.25, 0.3) is 0 Å². The van der Waals surface area contributed by atoms with Crippen LogP contribution in [0.3, 0.4) is 0 Å². The Kier molecular flexibility index (Phi) is 7.41. The number of carbonyl (C=O) groups is 2. The number of ketones is 1. The van der Waals surface area contributed by atoms with E-state index < -0.39 is 18.0 Å². The second-order valence-electron chi connectivity index (χ2n) is 3.81. The molecule has 0 aromatic heterocycles. The lowest BCUT2D eigenvalue weighted by molar-refractivity contribution is -0.146. The molecule has 0 saturated carbocycles. The van der Waals surface area contributed by atoms with Gasteiger partial charge in [-0.15, -0.1) is 0 Å². The molecule has 0 aromatic rings. The first-order valence-electron chi connectivity index (χ1n) is 5.57. The van der Waals surface area contributed by atoms with Gasteiger partial charge in [-0.3, -0.25) is 9.59 Å². The molecule has 0 radical (unpaired) electrons. The molecule has 0 bridgehead atoms. The molecular weight excluding hydrogens is 224 g/mol. The SMILES string of the molecule is CCOC(=O)CC(=O)[C@H](C)[C@@H](O)/C(C)=C\CO. The van der Waals surface area contributed by atoms with E-state index in [1.807, 2.05) is 0 Å². The third-order valence-electron chi connectivity index (χ3n) is 2.49. The van der Waals surface area contributed by atoms with Gasteiger partial charge in [-0.25, -0.2) is 0 Å². The molecule has 0 saturated heterocycles. The Hall–Kier alpha value is -1.20. The highest BCUT2D eigenvalue weighted by atomic mass is 16.5. The van der Waals surface area contributed by atoms with Gasteiger partial charge < -0.3 is 14.9 Å². The fourth-order valence-electron chi connectivity index (χ4n) is 1.35. The number of carbonyl (C=O) groups excluding carboxylic acids is 2. The summed E-state index contributed by atoms with van der Waals surface area (Å²) >= 11 is 0. The zero-order valence-corrected chi connectivity index (χ0v) is 10.5. The molecule has 5 nitrogen and oxygen atoms in total. The molecule has 17 heavy (non-hydrogen) atoms. The summed E-state index contributed by atoms with van der Waals surface area (Å²) in [4.78, 5) is 22.7. The highest BCUT2D eigenvalue weighted by Crippen LogP contribution is 2.14. The first-order valence-corrected chi connectivity index (χ1v) is 5.57. The average molecular weight is 244 g/mol. The van der Waals surface area contributed by atoms with Crippen molar-refractivity contribution in [2.24, 2.45) is 5.92 Å². The first kappa shape index (κ1) is 15.8. The van der Waals surface area contributed by atoms with Crippen LogP contribution in [0.15, 0.2) is 11.6 Å². The van der Waals surface area contributed by atoms with E-state index in [-0.39, 0.29) is 25.4 Å². The van der Waals surface area contributed by atoms with E-state index in [1.165, 1.54) is 6.08 Å². The van der Waals surface area contributed by atoms with Crippen LogP contribution < -0.4 is 0 Å². The van der Waals surface area contributed by atoms with Gasteiger partial charge in [0.15, 0.2) is 0 Å². The summed E-state index contributed by atoms with van der Waals surface area (Å²) in [7, 11) is 0. The molecule has 0 aliphatic heterocycles. The van der Waals surface area contributed by atoms with Crippen molar-refractivity contribution < 1.29 is 24.5 Å².